The minimum Gasteiger partial charge on any atom is -0.468 e. The second-order valence-electron chi connectivity index (χ2n) is 3.67. The van der Waals surface area contributed by atoms with Gasteiger partial charge < -0.3 is 10.1 Å². The number of esters is 1. The highest BCUT2D eigenvalue weighted by atomic mass is 16.5. The summed E-state index contributed by atoms with van der Waals surface area (Å²) in [6.07, 6.45) is 1.78. The van der Waals surface area contributed by atoms with Crippen LogP contribution in [0.3, 0.4) is 0 Å². The first-order chi connectivity index (χ1) is 8.31. The second kappa shape index (κ2) is 5.41. The van der Waals surface area contributed by atoms with Gasteiger partial charge in [0.05, 0.1) is 19.2 Å². The number of ether oxygens (including phenoxy) is 1. The average molecular weight is 230 g/mol. The fourth-order valence-corrected chi connectivity index (χ4v) is 1.68. The van der Waals surface area contributed by atoms with E-state index < -0.39 is 0 Å². The molecule has 0 radical (unpaired) electrons. The van der Waals surface area contributed by atoms with Crippen LogP contribution in [-0.4, -0.2) is 24.6 Å². The van der Waals surface area contributed by atoms with Crippen LogP contribution < -0.4 is 5.32 Å². The maximum atomic E-state index is 11.0. The lowest BCUT2D eigenvalue weighted by Crippen LogP contribution is -2.23. The van der Waals surface area contributed by atoms with Crippen LogP contribution in [0.4, 0.5) is 0 Å². The number of methoxy groups -OCH3 is 1. The van der Waals surface area contributed by atoms with Crippen molar-refractivity contribution in [3.05, 3.63) is 42.1 Å². The van der Waals surface area contributed by atoms with E-state index in [-0.39, 0.29) is 12.5 Å². The van der Waals surface area contributed by atoms with Crippen molar-refractivity contribution < 1.29 is 9.53 Å². The van der Waals surface area contributed by atoms with Gasteiger partial charge >= 0.3 is 5.97 Å². The Morgan fingerprint density at radius 1 is 1.35 bits per heavy atom. The van der Waals surface area contributed by atoms with Gasteiger partial charge in [-0.15, -0.1) is 0 Å². The first kappa shape index (κ1) is 11.5. The Morgan fingerprint density at radius 2 is 2.18 bits per heavy atom. The average Bonchev–Trinajstić information content (AvgIpc) is 2.39. The Hall–Kier alpha value is -1.94. The molecule has 0 aliphatic rings. The molecular formula is C13H14N2O2. The summed E-state index contributed by atoms with van der Waals surface area (Å²) >= 11 is 0. The highest BCUT2D eigenvalue weighted by molar-refractivity contribution is 5.81. The van der Waals surface area contributed by atoms with Crippen LogP contribution in [0.15, 0.2) is 36.5 Å². The standard InChI is InChI=1S/C13H14N2O2/c1-17-13(16)9-14-8-10-6-7-15-12-5-3-2-4-11(10)12/h2-7,14H,8-9H2,1H3. The molecule has 0 saturated heterocycles. The summed E-state index contributed by atoms with van der Waals surface area (Å²) < 4.78 is 4.56. The summed E-state index contributed by atoms with van der Waals surface area (Å²) in [4.78, 5) is 15.3. The van der Waals surface area contributed by atoms with Crippen LogP contribution in [0.2, 0.25) is 0 Å². The Kier molecular flexibility index (Phi) is 3.67. The molecule has 4 nitrogen and oxygen atoms in total. The first-order valence-corrected chi connectivity index (χ1v) is 5.41. The van der Waals surface area contributed by atoms with Gasteiger partial charge in [-0.1, -0.05) is 18.2 Å². The van der Waals surface area contributed by atoms with E-state index >= 15 is 0 Å². The maximum absolute atomic E-state index is 11.0. The quantitative estimate of drug-likeness (QED) is 0.809. The zero-order valence-corrected chi connectivity index (χ0v) is 9.64. The molecule has 4 heteroatoms. The topological polar surface area (TPSA) is 51.2 Å². The molecule has 2 aromatic rings. The molecule has 0 amide bonds. The summed E-state index contributed by atoms with van der Waals surface area (Å²) in [5.41, 5.74) is 2.09. The van der Waals surface area contributed by atoms with Crippen LogP contribution >= 0.6 is 0 Å². The van der Waals surface area contributed by atoms with E-state index in [1.165, 1.54) is 7.11 Å². The summed E-state index contributed by atoms with van der Waals surface area (Å²) in [5, 5.41) is 4.15. The highest BCUT2D eigenvalue weighted by Gasteiger charge is 2.02. The number of aromatic nitrogens is 1. The third-order valence-corrected chi connectivity index (χ3v) is 2.55. The van der Waals surface area contributed by atoms with Gasteiger partial charge in [0, 0.05) is 18.1 Å². The highest BCUT2D eigenvalue weighted by Crippen LogP contribution is 2.15. The predicted octanol–water partition coefficient (Wildman–Crippen LogP) is 1.50. The maximum Gasteiger partial charge on any atom is 0.319 e. The van der Waals surface area contributed by atoms with Gasteiger partial charge in [-0.25, -0.2) is 0 Å². The molecule has 0 saturated carbocycles. The number of hydrogen-bond acceptors (Lipinski definition) is 4. The molecule has 0 spiro atoms. The SMILES string of the molecule is COC(=O)CNCc1ccnc2ccccc12. The van der Waals surface area contributed by atoms with Gasteiger partial charge in [0.2, 0.25) is 0 Å². The predicted molar refractivity (Wildman–Crippen MR) is 65.5 cm³/mol. The van der Waals surface area contributed by atoms with Crippen molar-refractivity contribution in [2.45, 2.75) is 6.54 Å². The van der Waals surface area contributed by atoms with Gasteiger partial charge in [0.25, 0.3) is 0 Å². The third kappa shape index (κ3) is 2.79. The third-order valence-electron chi connectivity index (χ3n) is 2.55. The monoisotopic (exact) mass is 230 g/mol. The van der Waals surface area contributed by atoms with Crippen LogP contribution in [0.1, 0.15) is 5.56 Å². The van der Waals surface area contributed by atoms with E-state index in [9.17, 15) is 4.79 Å². The van der Waals surface area contributed by atoms with E-state index in [0.717, 1.165) is 16.5 Å². The van der Waals surface area contributed by atoms with E-state index in [2.05, 4.69) is 15.0 Å². The molecule has 1 aromatic carbocycles. The van der Waals surface area contributed by atoms with Crippen LogP contribution in [0.5, 0.6) is 0 Å². The van der Waals surface area contributed by atoms with Crippen LogP contribution in [-0.2, 0) is 16.1 Å². The number of nitrogens with zero attached hydrogens (tertiary/aromatic N) is 1. The number of rotatable bonds is 4. The lowest BCUT2D eigenvalue weighted by atomic mass is 10.1. The van der Waals surface area contributed by atoms with Crippen molar-refractivity contribution >= 4 is 16.9 Å². The molecule has 1 aromatic heterocycles. The van der Waals surface area contributed by atoms with Crippen molar-refractivity contribution in [3.8, 4) is 0 Å². The summed E-state index contributed by atoms with van der Waals surface area (Å²) in [6, 6.07) is 9.89. The van der Waals surface area contributed by atoms with Crippen molar-refractivity contribution in [2.24, 2.45) is 0 Å². The summed E-state index contributed by atoms with van der Waals surface area (Å²) in [7, 11) is 1.38. The van der Waals surface area contributed by atoms with Crippen molar-refractivity contribution in [3.63, 3.8) is 0 Å². The number of fused-ring (bicyclic) bond motifs is 1. The number of hydrogen-bond donors (Lipinski definition) is 1. The van der Waals surface area contributed by atoms with Crippen molar-refractivity contribution in [1.82, 2.24) is 10.3 Å². The molecule has 0 fully saturated rings. The molecule has 0 unspecified atom stereocenters. The molecule has 1 heterocycles. The number of benzene rings is 1. The number of carbonyl (C=O) groups excluding carboxylic acids is 1. The minimum atomic E-state index is -0.261. The largest absolute Gasteiger partial charge is 0.468 e. The lowest BCUT2D eigenvalue weighted by molar-refractivity contribution is -0.139. The lowest BCUT2D eigenvalue weighted by Gasteiger charge is -2.06. The fourth-order valence-electron chi connectivity index (χ4n) is 1.68. The Bertz CT molecular complexity index is 520. The van der Waals surface area contributed by atoms with Crippen LogP contribution in [0.25, 0.3) is 10.9 Å². The Balaban J connectivity index is 2.11. The molecule has 17 heavy (non-hydrogen) atoms. The molecule has 0 aliphatic carbocycles. The number of nitrogens with one attached hydrogen (secondary N) is 1. The second-order valence-corrected chi connectivity index (χ2v) is 3.67. The van der Waals surface area contributed by atoms with Crippen molar-refractivity contribution in [1.29, 1.82) is 0 Å². The fraction of sp³-hybridized carbons (Fsp3) is 0.231. The number of carbonyl (C=O) groups is 1. The molecule has 2 rings (SSSR count). The summed E-state index contributed by atoms with van der Waals surface area (Å²) in [6.45, 7) is 0.839. The van der Waals surface area contributed by atoms with E-state index in [0.29, 0.717) is 6.54 Å². The number of para-hydroxylation sites is 1. The zero-order valence-electron chi connectivity index (χ0n) is 9.64. The Morgan fingerprint density at radius 3 is 3.00 bits per heavy atom. The molecular weight excluding hydrogens is 216 g/mol. The molecule has 0 aliphatic heterocycles. The van der Waals surface area contributed by atoms with E-state index in [4.69, 9.17) is 0 Å². The smallest absolute Gasteiger partial charge is 0.319 e. The van der Waals surface area contributed by atoms with Gasteiger partial charge in [0.15, 0.2) is 0 Å². The van der Waals surface area contributed by atoms with Crippen molar-refractivity contribution in [2.75, 3.05) is 13.7 Å². The van der Waals surface area contributed by atoms with Crippen LogP contribution in [0, 0.1) is 0 Å². The first-order valence-electron chi connectivity index (χ1n) is 5.41. The molecule has 88 valence electrons. The Labute approximate surface area is 99.6 Å². The van der Waals surface area contributed by atoms with Gasteiger partial charge in [-0.05, 0) is 17.7 Å². The number of pyridine rings is 1. The van der Waals surface area contributed by atoms with Gasteiger partial charge in [0.1, 0.15) is 0 Å². The van der Waals surface area contributed by atoms with E-state index in [1.54, 1.807) is 6.20 Å². The van der Waals surface area contributed by atoms with E-state index in [1.807, 2.05) is 30.3 Å². The normalized spacial score (nSPS) is 10.4. The molecule has 1 N–H and O–H groups in total. The molecule has 0 atom stereocenters. The zero-order chi connectivity index (χ0) is 12.1. The minimum absolute atomic E-state index is 0.215. The van der Waals surface area contributed by atoms with Gasteiger partial charge in [-0.2, -0.15) is 0 Å². The van der Waals surface area contributed by atoms with Gasteiger partial charge in [-0.3, -0.25) is 9.78 Å². The summed E-state index contributed by atoms with van der Waals surface area (Å²) in [5.74, 6) is -0.261. The molecule has 0 bridgehead atoms.